The number of rotatable bonds is 4. The molecule has 1 aliphatic rings. The van der Waals surface area contributed by atoms with Gasteiger partial charge in [0.2, 0.25) is 0 Å². The highest BCUT2D eigenvalue weighted by Crippen LogP contribution is 2.38. The average Bonchev–Trinajstić information content (AvgIpc) is 3.08. The smallest absolute Gasteiger partial charge is 0.141 e. The van der Waals surface area contributed by atoms with Gasteiger partial charge in [0.05, 0.1) is 5.39 Å². The number of ether oxygens (including phenoxy) is 1. The molecule has 1 aromatic carbocycles. The van der Waals surface area contributed by atoms with E-state index < -0.39 is 0 Å². The van der Waals surface area contributed by atoms with Gasteiger partial charge in [-0.25, -0.2) is 9.97 Å². The third-order valence-corrected chi connectivity index (χ3v) is 5.64. The van der Waals surface area contributed by atoms with E-state index in [0.717, 1.165) is 43.2 Å². The summed E-state index contributed by atoms with van der Waals surface area (Å²) in [7, 11) is 1.79. The molecule has 4 rings (SSSR count). The monoisotopic (exact) mass is 339 g/mol. The highest BCUT2D eigenvalue weighted by atomic mass is 32.1. The van der Waals surface area contributed by atoms with Crippen molar-refractivity contribution in [3.8, 4) is 11.1 Å². The van der Waals surface area contributed by atoms with Gasteiger partial charge in [0.15, 0.2) is 0 Å². The maximum atomic E-state index is 5.31. The molecule has 0 saturated carbocycles. The fourth-order valence-electron chi connectivity index (χ4n) is 3.48. The fourth-order valence-corrected chi connectivity index (χ4v) is 4.39. The molecule has 124 valence electrons. The van der Waals surface area contributed by atoms with Crippen molar-refractivity contribution in [2.45, 2.75) is 12.8 Å². The van der Waals surface area contributed by atoms with E-state index in [-0.39, 0.29) is 0 Å². The number of thiophene rings is 1. The van der Waals surface area contributed by atoms with E-state index in [0.29, 0.717) is 5.92 Å². The Balaban J connectivity index is 1.70. The third kappa shape index (κ3) is 2.89. The number of hydrogen-bond donors (Lipinski definition) is 0. The van der Waals surface area contributed by atoms with Crippen LogP contribution in [-0.2, 0) is 4.74 Å². The van der Waals surface area contributed by atoms with Crippen LogP contribution in [0.3, 0.4) is 0 Å². The summed E-state index contributed by atoms with van der Waals surface area (Å²) in [6, 6.07) is 10.5. The van der Waals surface area contributed by atoms with Crippen molar-refractivity contribution in [3.63, 3.8) is 0 Å². The molecule has 0 N–H and O–H groups in total. The summed E-state index contributed by atoms with van der Waals surface area (Å²) < 4.78 is 5.31. The SMILES string of the molecule is COCC1CCN(c2ncnc3scc(-c4ccccc4)c23)CC1. The topological polar surface area (TPSA) is 38.2 Å². The van der Waals surface area contributed by atoms with Gasteiger partial charge in [-0.3, -0.25) is 0 Å². The highest BCUT2D eigenvalue weighted by molar-refractivity contribution is 7.17. The molecule has 3 heterocycles. The second-order valence-electron chi connectivity index (χ2n) is 6.28. The van der Waals surface area contributed by atoms with Gasteiger partial charge < -0.3 is 9.64 Å². The van der Waals surface area contributed by atoms with E-state index in [9.17, 15) is 0 Å². The van der Waals surface area contributed by atoms with Crippen LogP contribution in [0, 0.1) is 5.92 Å². The Bertz CT molecular complexity index is 810. The molecule has 2 aromatic heterocycles. The quantitative estimate of drug-likeness (QED) is 0.713. The first kappa shape index (κ1) is 15.5. The number of anilines is 1. The summed E-state index contributed by atoms with van der Waals surface area (Å²) in [4.78, 5) is 12.6. The molecule has 0 radical (unpaired) electrons. The van der Waals surface area contributed by atoms with Crippen molar-refractivity contribution >= 4 is 27.4 Å². The lowest BCUT2D eigenvalue weighted by atomic mass is 9.97. The zero-order valence-corrected chi connectivity index (χ0v) is 14.6. The van der Waals surface area contributed by atoms with Gasteiger partial charge in [-0.1, -0.05) is 30.3 Å². The van der Waals surface area contributed by atoms with Crippen LogP contribution < -0.4 is 4.90 Å². The van der Waals surface area contributed by atoms with Crippen LogP contribution in [0.5, 0.6) is 0 Å². The summed E-state index contributed by atoms with van der Waals surface area (Å²) in [5.74, 6) is 1.75. The van der Waals surface area contributed by atoms with Crippen LogP contribution in [0.15, 0.2) is 42.0 Å². The van der Waals surface area contributed by atoms with Gasteiger partial charge in [-0.2, -0.15) is 0 Å². The van der Waals surface area contributed by atoms with E-state index in [1.807, 2.05) is 0 Å². The number of fused-ring (bicyclic) bond motifs is 1. The molecule has 0 aliphatic carbocycles. The third-order valence-electron chi connectivity index (χ3n) is 4.75. The molecule has 0 bridgehead atoms. The second-order valence-corrected chi connectivity index (χ2v) is 7.14. The molecular weight excluding hydrogens is 318 g/mol. The summed E-state index contributed by atoms with van der Waals surface area (Å²) in [5.41, 5.74) is 2.47. The summed E-state index contributed by atoms with van der Waals surface area (Å²) in [6.45, 7) is 2.93. The van der Waals surface area contributed by atoms with Crippen molar-refractivity contribution in [2.75, 3.05) is 31.7 Å². The minimum Gasteiger partial charge on any atom is -0.384 e. The molecule has 24 heavy (non-hydrogen) atoms. The second kappa shape index (κ2) is 6.87. The van der Waals surface area contributed by atoms with Gasteiger partial charge in [-0.15, -0.1) is 11.3 Å². The molecule has 1 saturated heterocycles. The van der Waals surface area contributed by atoms with Crippen LogP contribution in [0.4, 0.5) is 5.82 Å². The molecule has 5 heteroatoms. The predicted octanol–water partition coefficient (Wildman–Crippen LogP) is 4.22. The van der Waals surface area contributed by atoms with Crippen molar-refractivity contribution < 1.29 is 4.74 Å². The zero-order chi connectivity index (χ0) is 16.4. The minimum absolute atomic E-state index is 0.666. The Labute approximate surface area is 146 Å². The Morgan fingerprint density at radius 1 is 1.17 bits per heavy atom. The number of benzene rings is 1. The van der Waals surface area contributed by atoms with Gasteiger partial charge in [-0.05, 0) is 24.3 Å². The molecule has 1 fully saturated rings. The molecular formula is C19H21N3OS. The summed E-state index contributed by atoms with van der Waals surface area (Å²) in [5, 5.41) is 3.40. The summed E-state index contributed by atoms with van der Waals surface area (Å²) in [6.07, 6.45) is 4.01. The van der Waals surface area contributed by atoms with Crippen LogP contribution in [0.2, 0.25) is 0 Å². The van der Waals surface area contributed by atoms with Crippen LogP contribution in [-0.4, -0.2) is 36.8 Å². The van der Waals surface area contributed by atoms with Crippen LogP contribution >= 0.6 is 11.3 Å². The first-order chi connectivity index (χ1) is 11.9. The Hall–Kier alpha value is -1.98. The van der Waals surface area contributed by atoms with Crippen LogP contribution in [0.25, 0.3) is 21.3 Å². The largest absolute Gasteiger partial charge is 0.384 e. The minimum atomic E-state index is 0.666. The molecule has 4 nitrogen and oxygen atoms in total. The molecule has 0 unspecified atom stereocenters. The van der Waals surface area contributed by atoms with Gasteiger partial charge in [0.1, 0.15) is 17.0 Å². The Morgan fingerprint density at radius 3 is 2.71 bits per heavy atom. The van der Waals surface area contributed by atoms with Crippen molar-refractivity contribution in [1.29, 1.82) is 0 Å². The van der Waals surface area contributed by atoms with E-state index in [1.54, 1.807) is 24.8 Å². The van der Waals surface area contributed by atoms with Gasteiger partial charge in [0, 0.05) is 37.7 Å². The van der Waals surface area contributed by atoms with Gasteiger partial charge >= 0.3 is 0 Å². The lowest BCUT2D eigenvalue weighted by Crippen LogP contribution is -2.35. The summed E-state index contributed by atoms with van der Waals surface area (Å²) >= 11 is 1.70. The standard InChI is InChI=1S/C19H21N3OS/c1-23-11-14-7-9-22(10-8-14)18-17-16(15-5-3-2-4-6-15)12-24-19(17)21-13-20-18/h2-6,12-14H,7-11H2,1H3. The number of hydrogen-bond acceptors (Lipinski definition) is 5. The predicted molar refractivity (Wildman–Crippen MR) is 99.7 cm³/mol. The van der Waals surface area contributed by atoms with Crippen LogP contribution in [0.1, 0.15) is 12.8 Å². The Morgan fingerprint density at radius 2 is 1.96 bits per heavy atom. The number of nitrogens with zero attached hydrogens (tertiary/aromatic N) is 3. The zero-order valence-electron chi connectivity index (χ0n) is 13.8. The average molecular weight is 339 g/mol. The number of piperidine rings is 1. The normalized spacial score (nSPS) is 16.0. The van der Waals surface area contributed by atoms with Crippen molar-refractivity contribution in [2.24, 2.45) is 5.92 Å². The number of aromatic nitrogens is 2. The Kier molecular flexibility index (Phi) is 4.45. The molecule has 1 aliphatic heterocycles. The lowest BCUT2D eigenvalue weighted by Gasteiger charge is -2.32. The maximum Gasteiger partial charge on any atom is 0.141 e. The van der Waals surface area contributed by atoms with Crippen molar-refractivity contribution in [1.82, 2.24) is 9.97 Å². The molecule has 3 aromatic rings. The fraction of sp³-hybridized carbons (Fsp3) is 0.368. The maximum absolute atomic E-state index is 5.31. The van der Waals surface area contributed by atoms with E-state index >= 15 is 0 Å². The van der Waals surface area contributed by atoms with Crippen molar-refractivity contribution in [3.05, 3.63) is 42.0 Å². The first-order valence-corrected chi connectivity index (χ1v) is 9.26. The van der Waals surface area contributed by atoms with E-state index in [1.165, 1.54) is 16.5 Å². The molecule has 0 atom stereocenters. The molecule has 0 spiro atoms. The van der Waals surface area contributed by atoms with E-state index in [2.05, 4.69) is 50.6 Å². The van der Waals surface area contributed by atoms with E-state index in [4.69, 9.17) is 4.74 Å². The lowest BCUT2D eigenvalue weighted by molar-refractivity contribution is 0.139. The van der Waals surface area contributed by atoms with Gasteiger partial charge in [0.25, 0.3) is 0 Å². The number of methoxy groups -OCH3 is 1. The molecule has 0 amide bonds. The highest BCUT2D eigenvalue weighted by Gasteiger charge is 2.23. The first-order valence-electron chi connectivity index (χ1n) is 8.38.